The Morgan fingerprint density at radius 3 is 2.40 bits per heavy atom. The zero-order chi connectivity index (χ0) is 17.4. The average Bonchev–Trinajstić information content (AvgIpc) is 2.99. The highest BCUT2D eigenvalue weighted by atomic mass is 16.5. The highest BCUT2D eigenvalue weighted by Gasteiger charge is 2.25. The Kier molecular flexibility index (Phi) is 4.09. The highest BCUT2D eigenvalue weighted by molar-refractivity contribution is 5.88. The van der Waals surface area contributed by atoms with Crippen molar-refractivity contribution in [1.82, 2.24) is 0 Å². The van der Waals surface area contributed by atoms with Crippen LogP contribution in [0.3, 0.4) is 0 Å². The van der Waals surface area contributed by atoms with Gasteiger partial charge in [-0.25, -0.2) is 0 Å². The van der Waals surface area contributed by atoms with Gasteiger partial charge in [-0.05, 0) is 71.7 Å². The van der Waals surface area contributed by atoms with Crippen LogP contribution in [0.2, 0.25) is 0 Å². The van der Waals surface area contributed by atoms with Crippen molar-refractivity contribution in [2.45, 2.75) is 33.6 Å². The third kappa shape index (κ3) is 2.64. The molecule has 0 unspecified atom stereocenters. The minimum atomic E-state index is 0.754. The van der Waals surface area contributed by atoms with E-state index in [0.29, 0.717) is 0 Å². The van der Waals surface area contributed by atoms with Gasteiger partial charge >= 0.3 is 0 Å². The van der Waals surface area contributed by atoms with E-state index in [-0.39, 0.29) is 0 Å². The van der Waals surface area contributed by atoms with Crippen LogP contribution in [-0.4, -0.2) is 6.61 Å². The number of hydrogen-bond donors (Lipinski definition) is 0. The van der Waals surface area contributed by atoms with Crippen LogP contribution in [-0.2, 0) is 6.42 Å². The van der Waals surface area contributed by atoms with Crippen LogP contribution in [0, 0.1) is 13.8 Å². The lowest BCUT2D eigenvalue weighted by Gasteiger charge is -2.18. The molecular formula is C24H24O. The second-order valence-corrected chi connectivity index (χ2v) is 6.90. The third-order valence-corrected chi connectivity index (χ3v) is 5.25. The van der Waals surface area contributed by atoms with E-state index in [1.54, 1.807) is 0 Å². The van der Waals surface area contributed by atoms with Gasteiger partial charge in [0.2, 0.25) is 0 Å². The quantitative estimate of drug-likeness (QED) is 0.425. The van der Waals surface area contributed by atoms with Gasteiger partial charge in [-0.15, -0.1) is 0 Å². The maximum absolute atomic E-state index is 6.07. The van der Waals surface area contributed by atoms with Crippen LogP contribution in [0.5, 0.6) is 5.75 Å². The molecule has 0 aliphatic heterocycles. The van der Waals surface area contributed by atoms with Gasteiger partial charge in [-0.3, -0.25) is 0 Å². The molecule has 0 bridgehead atoms. The van der Waals surface area contributed by atoms with Gasteiger partial charge in [-0.1, -0.05) is 55.5 Å². The second-order valence-electron chi connectivity index (χ2n) is 6.90. The van der Waals surface area contributed by atoms with Gasteiger partial charge in [0.15, 0.2) is 0 Å². The van der Waals surface area contributed by atoms with E-state index in [9.17, 15) is 0 Å². The number of hydrogen-bond acceptors (Lipinski definition) is 1. The Bertz CT molecular complexity index is 937. The SMILES string of the molecule is CCCOc1ccccc1-c1c(C)c(C)cc2c1Cc1ccccc1-2. The van der Waals surface area contributed by atoms with Crippen molar-refractivity contribution < 1.29 is 4.74 Å². The first kappa shape index (κ1) is 16.0. The van der Waals surface area contributed by atoms with Crippen molar-refractivity contribution in [3.05, 3.63) is 76.9 Å². The largest absolute Gasteiger partial charge is 0.493 e. The number of fused-ring (bicyclic) bond motifs is 3. The highest BCUT2D eigenvalue weighted by Crippen LogP contribution is 2.46. The Morgan fingerprint density at radius 2 is 1.60 bits per heavy atom. The van der Waals surface area contributed by atoms with E-state index >= 15 is 0 Å². The number of rotatable bonds is 4. The van der Waals surface area contributed by atoms with Crippen LogP contribution < -0.4 is 4.74 Å². The Balaban J connectivity index is 1.95. The Hall–Kier alpha value is -2.54. The van der Waals surface area contributed by atoms with Crippen LogP contribution in [0.4, 0.5) is 0 Å². The summed E-state index contributed by atoms with van der Waals surface area (Å²) >= 11 is 0. The average molecular weight is 328 g/mol. The van der Waals surface area contributed by atoms with Crippen molar-refractivity contribution in [2.75, 3.05) is 6.61 Å². The zero-order valence-corrected chi connectivity index (χ0v) is 15.2. The topological polar surface area (TPSA) is 9.23 Å². The normalized spacial score (nSPS) is 12.0. The summed E-state index contributed by atoms with van der Waals surface area (Å²) in [5.41, 5.74) is 10.9. The number of ether oxygens (including phenoxy) is 1. The molecule has 0 heterocycles. The standard InChI is InChI=1S/C24H24O/c1-4-13-25-23-12-8-7-11-20(23)24-17(3)16(2)14-21-19-10-6-5-9-18(19)15-22(21)24/h5-12,14H,4,13,15H2,1-3H3. The lowest BCUT2D eigenvalue weighted by atomic mass is 9.88. The maximum atomic E-state index is 6.07. The molecule has 0 spiro atoms. The molecule has 1 nitrogen and oxygen atoms in total. The van der Waals surface area contributed by atoms with Gasteiger partial charge in [0.25, 0.3) is 0 Å². The molecule has 25 heavy (non-hydrogen) atoms. The van der Waals surface area contributed by atoms with Crippen LogP contribution in [0.25, 0.3) is 22.3 Å². The van der Waals surface area contributed by atoms with Crippen molar-refractivity contribution in [3.8, 4) is 28.0 Å². The van der Waals surface area contributed by atoms with Crippen molar-refractivity contribution in [1.29, 1.82) is 0 Å². The molecule has 3 aromatic carbocycles. The number of benzene rings is 3. The van der Waals surface area contributed by atoms with E-state index in [2.05, 4.69) is 75.4 Å². The zero-order valence-electron chi connectivity index (χ0n) is 15.2. The predicted molar refractivity (Wildman–Crippen MR) is 105 cm³/mol. The Morgan fingerprint density at radius 1 is 0.880 bits per heavy atom. The van der Waals surface area contributed by atoms with Crippen LogP contribution in [0.15, 0.2) is 54.6 Å². The van der Waals surface area contributed by atoms with Crippen molar-refractivity contribution in [3.63, 3.8) is 0 Å². The molecule has 126 valence electrons. The van der Waals surface area contributed by atoms with Gasteiger partial charge < -0.3 is 4.74 Å². The molecular weight excluding hydrogens is 304 g/mol. The van der Waals surface area contributed by atoms with E-state index < -0.39 is 0 Å². The summed E-state index contributed by atoms with van der Waals surface area (Å²) in [6.07, 6.45) is 2.02. The van der Waals surface area contributed by atoms with Crippen LogP contribution >= 0.6 is 0 Å². The fourth-order valence-corrected chi connectivity index (χ4v) is 3.90. The summed E-state index contributed by atoms with van der Waals surface area (Å²) in [5.74, 6) is 0.996. The summed E-state index contributed by atoms with van der Waals surface area (Å²) in [6, 6.07) is 19.6. The molecule has 3 aromatic rings. The van der Waals surface area contributed by atoms with Gasteiger partial charge in [0.1, 0.15) is 5.75 Å². The van der Waals surface area contributed by atoms with E-state index in [0.717, 1.165) is 25.2 Å². The third-order valence-electron chi connectivity index (χ3n) is 5.25. The van der Waals surface area contributed by atoms with Gasteiger partial charge in [-0.2, -0.15) is 0 Å². The molecule has 1 heteroatoms. The first-order valence-electron chi connectivity index (χ1n) is 9.14. The molecule has 0 aromatic heterocycles. The summed E-state index contributed by atoms with van der Waals surface area (Å²) in [7, 11) is 0. The van der Waals surface area contributed by atoms with E-state index in [4.69, 9.17) is 4.74 Å². The molecule has 0 saturated carbocycles. The van der Waals surface area contributed by atoms with Crippen molar-refractivity contribution >= 4 is 0 Å². The molecule has 0 radical (unpaired) electrons. The lowest BCUT2D eigenvalue weighted by molar-refractivity contribution is 0.318. The molecule has 4 rings (SSSR count). The van der Waals surface area contributed by atoms with E-state index in [1.807, 2.05) is 0 Å². The molecule has 1 aliphatic rings. The number of aryl methyl sites for hydroxylation is 1. The first-order chi connectivity index (χ1) is 12.2. The molecule has 0 fully saturated rings. The smallest absolute Gasteiger partial charge is 0.127 e. The Labute approximate surface area is 150 Å². The summed E-state index contributed by atoms with van der Waals surface area (Å²) < 4.78 is 6.07. The molecule has 0 atom stereocenters. The number of para-hydroxylation sites is 1. The second kappa shape index (κ2) is 6.40. The lowest BCUT2D eigenvalue weighted by Crippen LogP contribution is -2.00. The van der Waals surface area contributed by atoms with Crippen molar-refractivity contribution in [2.24, 2.45) is 0 Å². The van der Waals surface area contributed by atoms with Gasteiger partial charge in [0, 0.05) is 5.56 Å². The minimum Gasteiger partial charge on any atom is -0.493 e. The van der Waals surface area contributed by atoms with Crippen LogP contribution in [0.1, 0.15) is 35.6 Å². The fraction of sp³-hybridized carbons (Fsp3) is 0.250. The molecule has 0 N–H and O–H groups in total. The summed E-state index contributed by atoms with van der Waals surface area (Å²) in [5, 5.41) is 0. The summed E-state index contributed by atoms with van der Waals surface area (Å²) in [4.78, 5) is 0. The molecule has 0 amide bonds. The molecule has 1 aliphatic carbocycles. The maximum Gasteiger partial charge on any atom is 0.127 e. The first-order valence-corrected chi connectivity index (χ1v) is 9.14. The fourth-order valence-electron chi connectivity index (χ4n) is 3.90. The monoisotopic (exact) mass is 328 g/mol. The summed E-state index contributed by atoms with van der Waals surface area (Å²) in [6.45, 7) is 7.36. The minimum absolute atomic E-state index is 0.754. The molecule has 0 saturated heterocycles. The van der Waals surface area contributed by atoms with E-state index in [1.165, 1.54) is 44.5 Å². The van der Waals surface area contributed by atoms with Gasteiger partial charge in [0.05, 0.1) is 6.61 Å². The predicted octanol–water partition coefficient (Wildman–Crippen LogP) is 6.33.